The van der Waals surface area contributed by atoms with Crippen LogP contribution in [-0.2, 0) is 17.1 Å². The van der Waals surface area contributed by atoms with E-state index < -0.39 is 0 Å². The lowest BCUT2D eigenvalue weighted by Crippen LogP contribution is -2.30. The minimum absolute atomic E-state index is 0.0430. The van der Waals surface area contributed by atoms with Gasteiger partial charge in [0.2, 0.25) is 5.91 Å². The van der Waals surface area contributed by atoms with Crippen molar-refractivity contribution in [2.24, 2.45) is 0 Å². The second-order valence-corrected chi connectivity index (χ2v) is 8.24. The fraction of sp³-hybridized carbons (Fsp3) is 0.267. The monoisotopic (exact) mass is 369 g/mol. The number of carbonyl (C=O) groups is 1. The first-order chi connectivity index (χ1) is 9.65. The Balaban J connectivity index is 1.74. The van der Waals surface area contributed by atoms with Crippen LogP contribution in [0.2, 0.25) is 0 Å². The van der Waals surface area contributed by atoms with Crippen molar-refractivity contribution >= 4 is 44.9 Å². The van der Waals surface area contributed by atoms with Crippen molar-refractivity contribution in [2.75, 3.05) is 0 Å². The molecule has 1 amide bonds. The van der Waals surface area contributed by atoms with E-state index in [0.717, 1.165) is 14.4 Å². The molecule has 5 heteroatoms. The number of halogens is 1. The lowest BCUT2D eigenvalue weighted by molar-refractivity contribution is -0.120. The predicted molar refractivity (Wildman–Crippen MR) is 91.1 cm³/mol. The Morgan fingerprint density at radius 1 is 1.30 bits per heavy atom. The molecule has 1 N–H and O–H groups in total. The Bertz CT molecular complexity index is 556. The summed E-state index contributed by atoms with van der Waals surface area (Å²) in [6.07, 6.45) is 0. The highest BCUT2D eigenvalue weighted by Crippen LogP contribution is 2.22. The van der Waals surface area contributed by atoms with Gasteiger partial charge in [0.15, 0.2) is 0 Å². The number of hydrogen-bond acceptors (Lipinski definition) is 3. The number of rotatable bonds is 6. The maximum Gasteiger partial charge on any atom is 0.233 e. The molecule has 2 aromatic rings. The fourth-order valence-corrected chi connectivity index (χ4v) is 3.93. The Kier molecular flexibility index (Phi) is 6.13. The summed E-state index contributed by atoms with van der Waals surface area (Å²) in [5.41, 5.74) is 1.25. The lowest BCUT2D eigenvalue weighted by atomic mass is 10.2. The molecule has 2 nitrogen and oxygen atoms in total. The van der Waals surface area contributed by atoms with E-state index >= 15 is 0 Å². The molecule has 0 saturated carbocycles. The number of nitrogens with one attached hydrogen (secondary N) is 1. The van der Waals surface area contributed by atoms with Gasteiger partial charge in [-0.05, 0) is 40.5 Å². The van der Waals surface area contributed by atoms with Crippen LogP contribution >= 0.6 is 39.0 Å². The van der Waals surface area contributed by atoms with Gasteiger partial charge in [-0.15, -0.1) is 23.1 Å². The van der Waals surface area contributed by atoms with E-state index in [-0.39, 0.29) is 11.2 Å². The Morgan fingerprint density at radius 3 is 2.70 bits per heavy atom. The summed E-state index contributed by atoms with van der Waals surface area (Å²) in [7, 11) is 0. The maximum absolute atomic E-state index is 12.0. The quantitative estimate of drug-likeness (QED) is 0.814. The third-order valence-corrected chi connectivity index (χ3v) is 5.62. The fourth-order valence-electron chi connectivity index (χ4n) is 1.64. The number of benzene rings is 1. The van der Waals surface area contributed by atoms with Crippen molar-refractivity contribution in [3.8, 4) is 0 Å². The molecule has 0 radical (unpaired) electrons. The van der Waals surface area contributed by atoms with Crippen LogP contribution < -0.4 is 5.32 Å². The normalized spacial score (nSPS) is 12.1. The van der Waals surface area contributed by atoms with Gasteiger partial charge >= 0.3 is 0 Å². The molecule has 1 unspecified atom stereocenters. The summed E-state index contributed by atoms with van der Waals surface area (Å²) in [4.78, 5) is 13.2. The minimum Gasteiger partial charge on any atom is -0.350 e. The average molecular weight is 370 g/mol. The predicted octanol–water partition coefficient (Wildman–Crippen LogP) is 4.45. The first kappa shape index (κ1) is 15.6. The summed E-state index contributed by atoms with van der Waals surface area (Å²) >= 11 is 6.73. The molecule has 0 aliphatic rings. The molecule has 20 heavy (non-hydrogen) atoms. The van der Waals surface area contributed by atoms with Crippen molar-refractivity contribution in [1.82, 2.24) is 5.32 Å². The SMILES string of the molecule is CC(SCc1ccccc1)C(=O)NCc1ccc(Br)s1. The van der Waals surface area contributed by atoms with Crippen LogP contribution in [0.4, 0.5) is 0 Å². The van der Waals surface area contributed by atoms with Gasteiger partial charge in [-0.25, -0.2) is 0 Å². The summed E-state index contributed by atoms with van der Waals surface area (Å²) in [5, 5.41) is 2.94. The van der Waals surface area contributed by atoms with Crippen molar-refractivity contribution in [1.29, 1.82) is 0 Å². The van der Waals surface area contributed by atoms with Crippen LogP contribution in [0.15, 0.2) is 46.3 Å². The third kappa shape index (κ3) is 4.96. The molecule has 1 aromatic heterocycles. The molecular weight excluding hydrogens is 354 g/mol. The van der Waals surface area contributed by atoms with E-state index in [2.05, 4.69) is 33.4 Å². The van der Waals surface area contributed by atoms with E-state index in [0.29, 0.717) is 6.54 Å². The average Bonchev–Trinajstić information content (AvgIpc) is 2.89. The molecule has 0 saturated heterocycles. The van der Waals surface area contributed by atoms with Crippen LogP contribution in [0.1, 0.15) is 17.4 Å². The molecular formula is C15H16BrNOS2. The summed E-state index contributed by atoms with van der Waals surface area (Å²) in [5.74, 6) is 0.954. The van der Waals surface area contributed by atoms with Gasteiger partial charge in [0.05, 0.1) is 15.6 Å². The molecule has 0 aliphatic heterocycles. The maximum atomic E-state index is 12.0. The van der Waals surface area contributed by atoms with Crippen molar-refractivity contribution < 1.29 is 4.79 Å². The molecule has 1 aromatic carbocycles. The van der Waals surface area contributed by atoms with Gasteiger partial charge in [0.25, 0.3) is 0 Å². The van der Waals surface area contributed by atoms with Gasteiger partial charge < -0.3 is 5.32 Å². The zero-order valence-corrected chi connectivity index (χ0v) is 14.4. The number of thioether (sulfide) groups is 1. The lowest BCUT2D eigenvalue weighted by Gasteiger charge is -2.11. The van der Waals surface area contributed by atoms with E-state index in [4.69, 9.17) is 0 Å². The van der Waals surface area contributed by atoms with E-state index in [1.54, 1.807) is 23.1 Å². The highest BCUT2D eigenvalue weighted by molar-refractivity contribution is 9.11. The Labute approximate surface area is 136 Å². The molecule has 2 rings (SSSR count). The highest BCUT2D eigenvalue weighted by Gasteiger charge is 2.13. The summed E-state index contributed by atoms with van der Waals surface area (Å²) in [6.45, 7) is 2.55. The first-order valence-electron chi connectivity index (χ1n) is 6.32. The van der Waals surface area contributed by atoms with Crippen LogP contribution in [0.25, 0.3) is 0 Å². The van der Waals surface area contributed by atoms with Crippen molar-refractivity contribution in [2.45, 2.75) is 24.5 Å². The topological polar surface area (TPSA) is 29.1 Å². The largest absolute Gasteiger partial charge is 0.350 e. The van der Waals surface area contributed by atoms with Gasteiger partial charge in [0, 0.05) is 10.6 Å². The van der Waals surface area contributed by atoms with Crippen LogP contribution in [-0.4, -0.2) is 11.2 Å². The zero-order chi connectivity index (χ0) is 14.4. The number of carbonyl (C=O) groups excluding carboxylic acids is 1. The summed E-state index contributed by atoms with van der Waals surface area (Å²) < 4.78 is 1.09. The van der Waals surface area contributed by atoms with Crippen LogP contribution in [0.5, 0.6) is 0 Å². The van der Waals surface area contributed by atoms with E-state index in [1.807, 2.05) is 37.3 Å². The first-order valence-corrected chi connectivity index (χ1v) is 8.98. The number of thiophene rings is 1. The van der Waals surface area contributed by atoms with Gasteiger partial charge in [-0.1, -0.05) is 30.3 Å². The molecule has 1 heterocycles. The summed E-state index contributed by atoms with van der Waals surface area (Å²) in [6, 6.07) is 14.2. The van der Waals surface area contributed by atoms with E-state index in [9.17, 15) is 4.79 Å². The standard InChI is InChI=1S/C15H16BrNOS2/c1-11(19-10-12-5-3-2-4-6-12)15(18)17-9-13-7-8-14(16)20-13/h2-8,11H,9-10H2,1H3,(H,17,18). The molecule has 0 bridgehead atoms. The highest BCUT2D eigenvalue weighted by atomic mass is 79.9. The zero-order valence-electron chi connectivity index (χ0n) is 11.1. The molecule has 0 aliphatic carbocycles. The molecule has 1 atom stereocenters. The Morgan fingerprint density at radius 2 is 2.05 bits per heavy atom. The van der Waals surface area contributed by atoms with Crippen molar-refractivity contribution in [3.63, 3.8) is 0 Å². The van der Waals surface area contributed by atoms with Crippen molar-refractivity contribution in [3.05, 3.63) is 56.7 Å². The van der Waals surface area contributed by atoms with Gasteiger partial charge in [-0.3, -0.25) is 4.79 Å². The van der Waals surface area contributed by atoms with E-state index in [1.165, 1.54) is 5.56 Å². The number of amides is 1. The van der Waals surface area contributed by atoms with Crippen LogP contribution in [0.3, 0.4) is 0 Å². The number of hydrogen-bond donors (Lipinski definition) is 1. The van der Waals surface area contributed by atoms with Gasteiger partial charge in [-0.2, -0.15) is 0 Å². The smallest absolute Gasteiger partial charge is 0.233 e. The second kappa shape index (κ2) is 7.86. The molecule has 106 valence electrons. The van der Waals surface area contributed by atoms with Gasteiger partial charge in [0.1, 0.15) is 0 Å². The molecule has 0 spiro atoms. The van der Waals surface area contributed by atoms with Crippen LogP contribution in [0, 0.1) is 0 Å². The third-order valence-electron chi connectivity index (χ3n) is 2.78. The second-order valence-electron chi connectivity index (χ2n) is 4.36. The minimum atomic E-state index is -0.0430. The Hall–Kier alpha value is -0.780. The molecule has 0 fully saturated rings.